The second-order valence-corrected chi connectivity index (χ2v) is 2.44. The topological polar surface area (TPSA) is 65.3 Å². The number of rotatable bonds is 0. The van der Waals surface area contributed by atoms with Gasteiger partial charge in [0.15, 0.2) is 0 Å². The van der Waals surface area contributed by atoms with Gasteiger partial charge in [-0.3, -0.25) is 5.43 Å². The van der Waals surface area contributed by atoms with Crippen molar-refractivity contribution in [2.45, 2.75) is 0 Å². The minimum absolute atomic E-state index is 0.750. The zero-order valence-electron chi connectivity index (χ0n) is 7.40. The summed E-state index contributed by atoms with van der Waals surface area (Å²) < 4.78 is 0. The molecule has 2 rings (SSSR count). The van der Waals surface area contributed by atoms with Crippen LogP contribution in [0.15, 0.2) is 35.4 Å². The number of hydrogen-bond donors (Lipinski definition) is 2. The number of nitrogens with zero attached hydrogens (tertiary/aromatic N) is 1. The summed E-state index contributed by atoms with van der Waals surface area (Å²) in [4.78, 5) is 8.35. The fourth-order valence-electron chi connectivity index (χ4n) is 1.04. The van der Waals surface area contributed by atoms with Crippen LogP contribution >= 0.6 is 0 Å². The maximum Gasteiger partial charge on any atom is 0.231 e. The number of benzene rings is 1. The predicted octanol–water partition coefficient (Wildman–Crippen LogP) is 2.01. The molecule has 0 aliphatic carbocycles. The van der Waals surface area contributed by atoms with E-state index in [1.54, 1.807) is 6.21 Å². The first-order valence-corrected chi connectivity index (χ1v) is 3.97. The Morgan fingerprint density at radius 1 is 1.36 bits per heavy atom. The molecule has 0 fully saturated rings. The molecule has 0 spiro atoms. The quantitative estimate of drug-likeness (QED) is 0.482. The van der Waals surface area contributed by atoms with Gasteiger partial charge in [-0.05, 0) is 17.7 Å². The number of hydrogen-bond acceptors (Lipinski definition) is 4. The van der Waals surface area contributed by atoms with E-state index in [1.807, 2.05) is 36.4 Å². The Bertz CT molecular complexity index is 390. The van der Waals surface area contributed by atoms with Crippen LogP contribution in [0.25, 0.3) is 6.08 Å². The summed E-state index contributed by atoms with van der Waals surface area (Å²) in [6.45, 7) is 0. The lowest BCUT2D eigenvalue weighted by Crippen LogP contribution is -1.87. The number of anilines is 1. The Morgan fingerprint density at radius 3 is 2.86 bits per heavy atom. The predicted molar refractivity (Wildman–Crippen MR) is 56.0 cm³/mol. The Kier molecular flexibility index (Phi) is 3.86. The van der Waals surface area contributed by atoms with Gasteiger partial charge in [0, 0.05) is 6.21 Å². The van der Waals surface area contributed by atoms with Crippen molar-refractivity contribution < 1.29 is 4.79 Å². The van der Waals surface area contributed by atoms with E-state index in [4.69, 9.17) is 10.2 Å². The van der Waals surface area contributed by atoms with Gasteiger partial charge in [-0.25, -0.2) is 10.2 Å². The van der Waals surface area contributed by atoms with Crippen LogP contribution in [0.1, 0.15) is 5.56 Å². The molecular weight excluding hydrogens is 178 g/mol. The van der Waals surface area contributed by atoms with Crippen molar-refractivity contribution in [2.24, 2.45) is 5.10 Å². The molecule has 0 unspecified atom stereocenters. The van der Waals surface area contributed by atoms with Crippen LogP contribution in [-0.2, 0) is 4.79 Å². The second-order valence-electron chi connectivity index (χ2n) is 2.44. The highest BCUT2D eigenvalue weighted by molar-refractivity contribution is 5.83. The number of fused-ring (bicyclic) bond motifs is 1. The average Bonchev–Trinajstić information content (AvgIpc) is 2.43. The summed E-state index contributed by atoms with van der Waals surface area (Å²) in [6.07, 6.45) is 6.43. The van der Waals surface area contributed by atoms with Gasteiger partial charge in [-0.2, -0.15) is 5.10 Å². The summed E-state index contributed by atoms with van der Waals surface area (Å²) in [5, 5.41) is 9.35. The first kappa shape index (κ1) is 9.89. The highest BCUT2D eigenvalue weighted by atomic mass is 16.1. The minimum Gasteiger partial charge on any atom is -0.278 e. The molecule has 0 aromatic heterocycles. The number of isocyanates is 1. The Hall–Kier alpha value is -2.19. The minimum atomic E-state index is 0.750. The highest BCUT2D eigenvalue weighted by Gasteiger charge is 1.96. The van der Waals surface area contributed by atoms with E-state index in [2.05, 4.69) is 10.5 Å². The average molecular weight is 187 g/mol. The van der Waals surface area contributed by atoms with Gasteiger partial charge in [0.25, 0.3) is 0 Å². The van der Waals surface area contributed by atoms with Crippen LogP contribution < -0.4 is 5.43 Å². The summed E-state index contributed by atoms with van der Waals surface area (Å²) in [6, 6.07) is 8.05. The van der Waals surface area contributed by atoms with Gasteiger partial charge in [0.2, 0.25) is 6.08 Å². The maximum atomic E-state index is 8.35. The second kappa shape index (κ2) is 5.45. The Labute approximate surface area is 81.5 Å². The molecule has 0 radical (unpaired) electrons. The van der Waals surface area contributed by atoms with E-state index in [1.165, 1.54) is 5.56 Å². The van der Waals surface area contributed by atoms with Crippen LogP contribution in [0.2, 0.25) is 0 Å². The third-order valence-corrected chi connectivity index (χ3v) is 1.58. The summed E-state index contributed by atoms with van der Waals surface area (Å²) in [5.74, 6) is 0. The molecular formula is C10H9N3O. The van der Waals surface area contributed by atoms with E-state index in [-0.39, 0.29) is 0 Å². The molecule has 0 saturated heterocycles. The maximum absolute atomic E-state index is 8.35. The van der Waals surface area contributed by atoms with E-state index >= 15 is 0 Å². The lowest BCUT2D eigenvalue weighted by Gasteiger charge is -2.00. The summed E-state index contributed by atoms with van der Waals surface area (Å²) in [5.41, 5.74) is 5.16. The number of allylic oxidation sites excluding steroid dienone is 1. The van der Waals surface area contributed by atoms with Crippen molar-refractivity contribution in [1.82, 2.24) is 0 Å². The van der Waals surface area contributed by atoms with Gasteiger partial charge >= 0.3 is 0 Å². The van der Waals surface area contributed by atoms with Crippen LogP contribution in [0.4, 0.5) is 5.69 Å². The molecule has 1 aromatic rings. The zero-order valence-corrected chi connectivity index (χ0v) is 7.40. The van der Waals surface area contributed by atoms with Crippen molar-refractivity contribution in [1.29, 1.82) is 5.41 Å². The molecule has 4 heteroatoms. The normalized spacial score (nSPS) is 11.1. The molecule has 1 aliphatic heterocycles. The standard InChI is InChI=1S/C9H8N2.CHNO/c1-2-6-9-8(4-1)5-3-7-10-11-9;2-1-3/h1-7,11H;2H. The van der Waals surface area contributed by atoms with Crippen molar-refractivity contribution >= 4 is 24.1 Å². The molecule has 1 aliphatic rings. The number of para-hydroxylation sites is 1. The van der Waals surface area contributed by atoms with Crippen LogP contribution in [-0.4, -0.2) is 12.3 Å². The molecule has 2 N–H and O–H groups in total. The lowest BCUT2D eigenvalue weighted by atomic mass is 10.2. The van der Waals surface area contributed by atoms with Gasteiger partial charge in [-0.15, -0.1) is 0 Å². The van der Waals surface area contributed by atoms with Gasteiger partial charge < -0.3 is 0 Å². The number of carbonyl (C=O) groups excluding carboxylic acids is 1. The third kappa shape index (κ3) is 2.69. The highest BCUT2D eigenvalue weighted by Crippen LogP contribution is 2.17. The molecule has 0 amide bonds. The van der Waals surface area contributed by atoms with Crippen molar-refractivity contribution in [2.75, 3.05) is 5.43 Å². The molecule has 0 bridgehead atoms. The largest absolute Gasteiger partial charge is 0.278 e. The summed E-state index contributed by atoms with van der Waals surface area (Å²) in [7, 11) is 0. The monoisotopic (exact) mass is 187 g/mol. The van der Waals surface area contributed by atoms with E-state index in [0.717, 1.165) is 11.8 Å². The zero-order chi connectivity index (χ0) is 10.2. The van der Waals surface area contributed by atoms with Crippen molar-refractivity contribution in [3.8, 4) is 0 Å². The van der Waals surface area contributed by atoms with Gasteiger partial charge in [0.1, 0.15) is 0 Å². The number of nitrogens with one attached hydrogen (secondary N) is 2. The molecule has 0 saturated carbocycles. The smallest absolute Gasteiger partial charge is 0.231 e. The fourth-order valence-corrected chi connectivity index (χ4v) is 1.04. The van der Waals surface area contributed by atoms with E-state index in [0.29, 0.717) is 0 Å². The van der Waals surface area contributed by atoms with E-state index in [9.17, 15) is 0 Å². The van der Waals surface area contributed by atoms with Gasteiger partial charge in [0.05, 0.1) is 5.69 Å². The Balaban J connectivity index is 0.000000293. The first-order valence-electron chi connectivity index (χ1n) is 3.97. The van der Waals surface area contributed by atoms with Crippen LogP contribution in [0.5, 0.6) is 0 Å². The molecule has 0 atom stereocenters. The SMILES string of the molecule is C1=Cc2ccccc2NN=C1.N=C=O. The third-order valence-electron chi connectivity index (χ3n) is 1.58. The summed E-state index contributed by atoms with van der Waals surface area (Å²) >= 11 is 0. The lowest BCUT2D eigenvalue weighted by molar-refractivity contribution is 0.563. The van der Waals surface area contributed by atoms with Crippen LogP contribution in [0.3, 0.4) is 0 Å². The Morgan fingerprint density at radius 2 is 2.07 bits per heavy atom. The molecule has 1 aromatic carbocycles. The molecule has 4 nitrogen and oxygen atoms in total. The number of hydrazone groups is 1. The molecule has 70 valence electrons. The first-order chi connectivity index (χ1) is 6.88. The van der Waals surface area contributed by atoms with Crippen molar-refractivity contribution in [3.63, 3.8) is 0 Å². The molecule has 1 heterocycles. The van der Waals surface area contributed by atoms with Crippen molar-refractivity contribution in [3.05, 3.63) is 35.9 Å². The van der Waals surface area contributed by atoms with Crippen LogP contribution in [0, 0.1) is 5.41 Å². The van der Waals surface area contributed by atoms with E-state index < -0.39 is 0 Å². The molecule has 14 heavy (non-hydrogen) atoms. The fraction of sp³-hybridized carbons (Fsp3) is 0. The van der Waals surface area contributed by atoms with Gasteiger partial charge in [-0.1, -0.05) is 24.3 Å².